The fourth-order valence-electron chi connectivity index (χ4n) is 5.54. The zero-order valence-corrected chi connectivity index (χ0v) is 15.4. The first-order valence-electron chi connectivity index (χ1n) is 10.1. The lowest BCUT2D eigenvalue weighted by molar-refractivity contribution is -0.119. The van der Waals surface area contributed by atoms with E-state index in [2.05, 4.69) is 15.7 Å². The summed E-state index contributed by atoms with van der Waals surface area (Å²) in [5.41, 5.74) is 3.98. The topological polar surface area (TPSA) is 71.3 Å². The SMILES string of the molecule is CC(=O)N[C@@H]1CC[C@@H](Nc2c3c(nc4ccnn24)C2(CCCC2)CC3)C1. The molecule has 0 bridgehead atoms. The number of carbonyl (C=O) groups excluding carboxylic acids is 1. The Balaban J connectivity index is 1.48. The van der Waals surface area contributed by atoms with Crippen molar-refractivity contribution in [2.75, 3.05) is 5.32 Å². The van der Waals surface area contributed by atoms with E-state index in [0.717, 1.165) is 37.1 Å². The van der Waals surface area contributed by atoms with Crippen molar-refractivity contribution < 1.29 is 4.79 Å². The van der Waals surface area contributed by atoms with Crippen LogP contribution >= 0.6 is 0 Å². The molecule has 0 aromatic carbocycles. The van der Waals surface area contributed by atoms with Crippen molar-refractivity contribution in [1.82, 2.24) is 19.9 Å². The Morgan fingerprint density at radius 3 is 2.85 bits per heavy atom. The minimum atomic E-state index is 0.0677. The Labute approximate surface area is 153 Å². The highest BCUT2D eigenvalue weighted by molar-refractivity contribution is 5.73. The van der Waals surface area contributed by atoms with Crippen LogP contribution in [-0.4, -0.2) is 32.6 Å². The van der Waals surface area contributed by atoms with Crippen molar-refractivity contribution in [2.45, 2.75) is 82.2 Å². The Kier molecular flexibility index (Phi) is 3.69. The summed E-state index contributed by atoms with van der Waals surface area (Å²) in [6.07, 6.45) is 12.5. The Bertz CT molecular complexity index is 851. The normalized spacial score (nSPS) is 26.5. The Morgan fingerprint density at radius 1 is 1.23 bits per heavy atom. The van der Waals surface area contributed by atoms with Gasteiger partial charge >= 0.3 is 0 Å². The minimum Gasteiger partial charge on any atom is -0.367 e. The molecule has 1 spiro atoms. The lowest BCUT2D eigenvalue weighted by Gasteiger charge is -2.24. The highest BCUT2D eigenvalue weighted by Crippen LogP contribution is 2.51. The quantitative estimate of drug-likeness (QED) is 0.890. The van der Waals surface area contributed by atoms with E-state index in [9.17, 15) is 4.79 Å². The Morgan fingerprint density at radius 2 is 2.04 bits per heavy atom. The van der Waals surface area contributed by atoms with Crippen LogP contribution in [0.5, 0.6) is 0 Å². The molecule has 2 atom stereocenters. The highest BCUT2D eigenvalue weighted by Gasteiger charge is 2.44. The molecule has 6 heteroatoms. The van der Waals surface area contributed by atoms with Gasteiger partial charge in [0.15, 0.2) is 5.65 Å². The van der Waals surface area contributed by atoms with Crippen LogP contribution in [0.2, 0.25) is 0 Å². The summed E-state index contributed by atoms with van der Waals surface area (Å²) in [5, 5.41) is 11.4. The molecule has 3 aliphatic rings. The molecule has 2 heterocycles. The van der Waals surface area contributed by atoms with Crippen molar-refractivity contribution in [1.29, 1.82) is 0 Å². The average Bonchev–Trinajstić information content (AvgIpc) is 3.37. The first-order chi connectivity index (χ1) is 12.6. The molecular weight excluding hydrogens is 326 g/mol. The molecule has 0 radical (unpaired) electrons. The summed E-state index contributed by atoms with van der Waals surface area (Å²) in [6.45, 7) is 1.60. The predicted molar refractivity (Wildman–Crippen MR) is 100 cm³/mol. The van der Waals surface area contributed by atoms with Gasteiger partial charge in [-0.15, -0.1) is 0 Å². The average molecular weight is 353 g/mol. The number of anilines is 1. The van der Waals surface area contributed by atoms with Gasteiger partial charge < -0.3 is 10.6 Å². The summed E-state index contributed by atoms with van der Waals surface area (Å²) in [4.78, 5) is 16.4. The summed E-state index contributed by atoms with van der Waals surface area (Å²) in [7, 11) is 0. The smallest absolute Gasteiger partial charge is 0.217 e. The van der Waals surface area contributed by atoms with Crippen molar-refractivity contribution in [3.8, 4) is 0 Å². The lowest BCUT2D eigenvalue weighted by Crippen LogP contribution is -2.32. The summed E-state index contributed by atoms with van der Waals surface area (Å²) in [6, 6.07) is 2.68. The number of rotatable bonds is 3. The molecule has 6 nitrogen and oxygen atoms in total. The van der Waals surface area contributed by atoms with Gasteiger partial charge in [-0.3, -0.25) is 4.79 Å². The van der Waals surface area contributed by atoms with Gasteiger partial charge in [-0.2, -0.15) is 9.61 Å². The first kappa shape index (κ1) is 16.1. The number of aromatic nitrogens is 3. The number of carbonyl (C=O) groups is 1. The molecule has 2 aromatic rings. The van der Waals surface area contributed by atoms with Crippen LogP contribution in [0, 0.1) is 0 Å². The van der Waals surface area contributed by atoms with Crippen molar-refractivity contribution in [3.63, 3.8) is 0 Å². The molecule has 2 saturated carbocycles. The van der Waals surface area contributed by atoms with Crippen molar-refractivity contribution >= 4 is 17.4 Å². The molecule has 0 aliphatic heterocycles. The van der Waals surface area contributed by atoms with Gasteiger partial charge in [0.25, 0.3) is 0 Å². The van der Waals surface area contributed by atoms with Crippen LogP contribution < -0.4 is 10.6 Å². The largest absolute Gasteiger partial charge is 0.367 e. The maximum Gasteiger partial charge on any atom is 0.217 e. The van der Waals surface area contributed by atoms with Gasteiger partial charge in [0.1, 0.15) is 5.82 Å². The number of amides is 1. The number of hydrogen-bond acceptors (Lipinski definition) is 4. The van der Waals surface area contributed by atoms with E-state index < -0.39 is 0 Å². The zero-order valence-electron chi connectivity index (χ0n) is 15.4. The molecule has 26 heavy (non-hydrogen) atoms. The molecule has 5 rings (SSSR count). The molecule has 2 aromatic heterocycles. The Hall–Kier alpha value is -2.11. The van der Waals surface area contributed by atoms with Crippen LogP contribution in [0.3, 0.4) is 0 Å². The standard InChI is InChI=1S/C20H27N5O/c1-13(26)22-14-4-5-15(12-14)23-19-16-6-10-20(8-2-3-9-20)18(16)24-17-7-11-21-25(17)19/h7,11,14-15,23H,2-6,8-10,12H2,1H3,(H,22,26)/t14-,15-/m1/s1. The van der Waals surface area contributed by atoms with Gasteiger partial charge in [-0.1, -0.05) is 12.8 Å². The summed E-state index contributed by atoms with van der Waals surface area (Å²) >= 11 is 0. The number of fused-ring (bicyclic) bond motifs is 3. The van der Waals surface area contributed by atoms with Gasteiger partial charge in [0, 0.05) is 36.1 Å². The molecular formula is C20H27N5O. The van der Waals surface area contributed by atoms with Crippen LogP contribution in [0.4, 0.5) is 5.82 Å². The molecule has 1 amide bonds. The minimum absolute atomic E-state index is 0.0677. The zero-order chi connectivity index (χ0) is 17.7. The number of nitrogens with one attached hydrogen (secondary N) is 2. The van der Waals surface area contributed by atoms with Gasteiger partial charge in [-0.05, 0) is 44.9 Å². The second-order valence-electron chi connectivity index (χ2n) is 8.43. The van der Waals surface area contributed by atoms with Crippen molar-refractivity contribution in [3.05, 3.63) is 23.5 Å². The van der Waals surface area contributed by atoms with E-state index in [1.54, 1.807) is 6.92 Å². The van der Waals surface area contributed by atoms with Crippen LogP contribution in [0.25, 0.3) is 5.65 Å². The second-order valence-corrected chi connectivity index (χ2v) is 8.43. The lowest BCUT2D eigenvalue weighted by atomic mass is 9.83. The maximum absolute atomic E-state index is 11.3. The molecule has 0 saturated heterocycles. The van der Waals surface area contributed by atoms with Crippen LogP contribution in [0.1, 0.15) is 69.5 Å². The third-order valence-corrected chi connectivity index (χ3v) is 6.73. The molecule has 2 N–H and O–H groups in total. The van der Waals surface area contributed by atoms with E-state index in [1.807, 2.05) is 16.8 Å². The van der Waals surface area contributed by atoms with Gasteiger partial charge in [0.05, 0.1) is 11.9 Å². The third-order valence-electron chi connectivity index (χ3n) is 6.73. The first-order valence-corrected chi connectivity index (χ1v) is 10.1. The third kappa shape index (κ3) is 2.49. The van der Waals surface area contributed by atoms with Crippen molar-refractivity contribution in [2.24, 2.45) is 0 Å². The molecule has 0 unspecified atom stereocenters. The monoisotopic (exact) mass is 353 g/mol. The predicted octanol–water partition coefficient (Wildman–Crippen LogP) is 2.96. The molecule has 2 fully saturated rings. The molecule has 138 valence electrons. The summed E-state index contributed by atoms with van der Waals surface area (Å²) in [5.74, 6) is 1.21. The number of nitrogens with zero attached hydrogens (tertiary/aromatic N) is 3. The number of hydrogen-bond donors (Lipinski definition) is 2. The van der Waals surface area contributed by atoms with Crippen LogP contribution in [0.15, 0.2) is 12.3 Å². The van der Waals surface area contributed by atoms with E-state index in [1.165, 1.54) is 43.4 Å². The molecule has 3 aliphatic carbocycles. The van der Waals surface area contributed by atoms with E-state index in [0.29, 0.717) is 11.5 Å². The van der Waals surface area contributed by atoms with Gasteiger partial charge in [0.2, 0.25) is 5.91 Å². The van der Waals surface area contributed by atoms with E-state index >= 15 is 0 Å². The second kappa shape index (κ2) is 5.96. The summed E-state index contributed by atoms with van der Waals surface area (Å²) < 4.78 is 1.98. The fraction of sp³-hybridized carbons (Fsp3) is 0.650. The maximum atomic E-state index is 11.3. The van der Waals surface area contributed by atoms with E-state index in [4.69, 9.17) is 4.98 Å². The van der Waals surface area contributed by atoms with Gasteiger partial charge in [-0.25, -0.2) is 4.98 Å². The highest BCUT2D eigenvalue weighted by atomic mass is 16.1. The van der Waals surface area contributed by atoms with E-state index in [-0.39, 0.29) is 11.9 Å². The van der Waals surface area contributed by atoms with Crippen LogP contribution in [-0.2, 0) is 16.6 Å². The fourth-order valence-corrected chi connectivity index (χ4v) is 5.54.